The van der Waals surface area contributed by atoms with Crippen LogP contribution in [-0.4, -0.2) is 25.8 Å². The van der Waals surface area contributed by atoms with E-state index >= 15 is 0 Å². The number of carbonyl (C=O) groups is 1. The van der Waals surface area contributed by atoms with E-state index in [1.807, 2.05) is 0 Å². The molecule has 0 saturated heterocycles. The van der Waals surface area contributed by atoms with E-state index in [0.29, 0.717) is 0 Å². The average Bonchev–Trinajstić information content (AvgIpc) is 2.13. The molecule has 0 saturated carbocycles. The lowest BCUT2D eigenvalue weighted by molar-refractivity contribution is -0.146. The first-order valence-electron chi connectivity index (χ1n) is 3.83. The normalized spacial score (nSPS) is 7.54. The summed E-state index contributed by atoms with van der Waals surface area (Å²) in [4.78, 5) is 10.8. The molecule has 0 fully saturated rings. The fourth-order valence-electron chi connectivity index (χ4n) is 0.488. The van der Waals surface area contributed by atoms with Crippen molar-refractivity contribution in [2.75, 3.05) is 19.8 Å². The maximum Gasteiger partial charge on any atom is 0.333 e. The number of hydrogen-bond acceptors (Lipinski definition) is 3. The van der Waals surface area contributed by atoms with Gasteiger partial charge in [-0.2, -0.15) is 0 Å². The number of hydrogen-bond donors (Lipinski definition) is 0. The Balaban J connectivity index is 3.37. The predicted molar refractivity (Wildman–Crippen MR) is 48.7 cm³/mol. The Morgan fingerprint density at radius 3 is 2.38 bits per heavy atom. The summed E-state index contributed by atoms with van der Waals surface area (Å²) in [5, 5.41) is 0. The zero-order valence-electron chi connectivity index (χ0n) is 7.85. The van der Waals surface area contributed by atoms with E-state index in [-0.39, 0.29) is 19.8 Å². The number of rotatable bonds is 4. The maximum absolute atomic E-state index is 10.8. The zero-order chi connectivity index (χ0) is 9.94. The van der Waals surface area contributed by atoms with E-state index in [2.05, 4.69) is 28.4 Å². The van der Waals surface area contributed by atoms with E-state index in [9.17, 15) is 4.79 Å². The largest absolute Gasteiger partial charge is 0.451 e. The van der Waals surface area contributed by atoms with E-state index in [0.717, 1.165) is 0 Å². The SMILES string of the molecule is CC#CCOCC(=O)OCC#CC. The van der Waals surface area contributed by atoms with Gasteiger partial charge < -0.3 is 9.47 Å². The molecular formula is C10H12O3. The standard InChI is InChI=1S/C10H12O3/c1-3-5-7-12-9-10(11)13-8-6-4-2/h7-9H2,1-2H3. The molecule has 0 aliphatic heterocycles. The molecule has 0 radical (unpaired) electrons. The zero-order valence-corrected chi connectivity index (χ0v) is 7.85. The first kappa shape index (κ1) is 11.6. The lowest BCUT2D eigenvalue weighted by atomic mass is 10.6. The van der Waals surface area contributed by atoms with Gasteiger partial charge in [0.1, 0.15) is 13.2 Å². The van der Waals surface area contributed by atoms with E-state index < -0.39 is 5.97 Å². The first-order chi connectivity index (χ1) is 6.31. The molecule has 13 heavy (non-hydrogen) atoms. The summed E-state index contributed by atoms with van der Waals surface area (Å²) >= 11 is 0. The Morgan fingerprint density at radius 1 is 1.15 bits per heavy atom. The van der Waals surface area contributed by atoms with Crippen LogP contribution in [-0.2, 0) is 14.3 Å². The summed E-state index contributed by atoms with van der Waals surface area (Å²) < 4.78 is 9.55. The van der Waals surface area contributed by atoms with Gasteiger partial charge in [0, 0.05) is 0 Å². The molecule has 0 unspecified atom stereocenters. The van der Waals surface area contributed by atoms with Crippen LogP contribution in [0.1, 0.15) is 13.8 Å². The fraction of sp³-hybridized carbons (Fsp3) is 0.500. The van der Waals surface area contributed by atoms with Crippen molar-refractivity contribution in [3.05, 3.63) is 0 Å². The summed E-state index contributed by atoms with van der Waals surface area (Å²) in [6, 6.07) is 0. The fourth-order valence-corrected chi connectivity index (χ4v) is 0.488. The van der Waals surface area contributed by atoms with Gasteiger partial charge in [-0.25, -0.2) is 4.79 Å². The molecule has 0 bridgehead atoms. The Hall–Kier alpha value is -1.45. The summed E-state index contributed by atoms with van der Waals surface area (Å²) in [5.41, 5.74) is 0. The van der Waals surface area contributed by atoms with Crippen molar-refractivity contribution in [1.82, 2.24) is 0 Å². The molecule has 0 spiro atoms. The molecule has 0 aliphatic rings. The van der Waals surface area contributed by atoms with Gasteiger partial charge in [-0.05, 0) is 13.8 Å². The maximum atomic E-state index is 10.8. The van der Waals surface area contributed by atoms with Crippen LogP contribution < -0.4 is 0 Å². The van der Waals surface area contributed by atoms with Crippen LogP contribution in [0.2, 0.25) is 0 Å². The van der Waals surface area contributed by atoms with Gasteiger partial charge in [0.25, 0.3) is 0 Å². The average molecular weight is 180 g/mol. The minimum absolute atomic E-state index is 0.0694. The van der Waals surface area contributed by atoms with Crippen LogP contribution >= 0.6 is 0 Å². The van der Waals surface area contributed by atoms with Gasteiger partial charge in [0.2, 0.25) is 0 Å². The second-order valence-corrected chi connectivity index (χ2v) is 2.01. The highest BCUT2D eigenvalue weighted by molar-refractivity contribution is 5.70. The smallest absolute Gasteiger partial charge is 0.333 e. The molecular weight excluding hydrogens is 168 g/mol. The minimum Gasteiger partial charge on any atom is -0.451 e. The molecule has 0 rings (SSSR count). The van der Waals surface area contributed by atoms with Crippen molar-refractivity contribution in [3.8, 4) is 23.7 Å². The number of ether oxygens (including phenoxy) is 2. The summed E-state index contributed by atoms with van der Waals surface area (Å²) in [6.45, 7) is 3.70. The van der Waals surface area contributed by atoms with Crippen LogP contribution in [0.5, 0.6) is 0 Å². The molecule has 3 heteroatoms. The van der Waals surface area contributed by atoms with E-state index in [4.69, 9.17) is 4.74 Å². The monoisotopic (exact) mass is 180 g/mol. The second-order valence-electron chi connectivity index (χ2n) is 2.01. The first-order valence-corrected chi connectivity index (χ1v) is 3.83. The van der Waals surface area contributed by atoms with Crippen LogP contribution in [0.3, 0.4) is 0 Å². The lowest BCUT2D eigenvalue weighted by Crippen LogP contribution is -2.12. The van der Waals surface area contributed by atoms with E-state index in [1.54, 1.807) is 13.8 Å². The highest BCUT2D eigenvalue weighted by atomic mass is 16.6. The Kier molecular flexibility index (Phi) is 7.68. The van der Waals surface area contributed by atoms with Gasteiger partial charge in [-0.1, -0.05) is 11.8 Å². The van der Waals surface area contributed by atoms with Gasteiger partial charge in [-0.15, -0.1) is 11.8 Å². The minimum atomic E-state index is -0.416. The number of esters is 1. The van der Waals surface area contributed by atoms with Crippen LogP contribution in [0.4, 0.5) is 0 Å². The summed E-state index contributed by atoms with van der Waals surface area (Å²) in [5.74, 6) is 10.1. The van der Waals surface area contributed by atoms with Crippen molar-refractivity contribution in [1.29, 1.82) is 0 Å². The second kappa shape index (κ2) is 8.64. The third-order valence-electron chi connectivity index (χ3n) is 1.05. The van der Waals surface area contributed by atoms with Gasteiger partial charge in [0.05, 0.1) is 0 Å². The van der Waals surface area contributed by atoms with Crippen molar-refractivity contribution in [2.24, 2.45) is 0 Å². The number of carbonyl (C=O) groups excluding carboxylic acids is 1. The molecule has 0 atom stereocenters. The van der Waals surface area contributed by atoms with Gasteiger partial charge in [-0.3, -0.25) is 0 Å². The van der Waals surface area contributed by atoms with Crippen molar-refractivity contribution < 1.29 is 14.3 Å². The quantitative estimate of drug-likeness (QED) is 0.361. The molecule has 0 heterocycles. The molecule has 0 aromatic rings. The molecule has 0 aromatic heterocycles. The Labute approximate surface area is 78.4 Å². The highest BCUT2D eigenvalue weighted by Crippen LogP contribution is 1.80. The molecule has 70 valence electrons. The third kappa shape index (κ3) is 8.46. The predicted octanol–water partition coefficient (Wildman–Crippen LogP) is 0.593. The topological polar surface area (TPSA) is 35.5 Å². The highest BCUT2D eigenvalue weighted by Gasteiger charge is 1.99. The molecule has 0 aliphatic carbocycles. The van der Waals surface area contributed by atoms with Crippen molar-refractivity contribution in [3.63, 3.8) is 0 Å². The van der Waals surface area contributed by atoms with Gasteiger partial charge in [0.15, 0.2) is 6.61 Å². The van der Waals surface area contributed by atoms with Crippen molar-refractivity contribution >= 4 is 5.97 Å². The Morgan fingerprint density at radius 2 is 1.77 bits per heavy atom. The van der Waals surface area contributed by atoms with Crippen LogP contribution in [0.25, 0.3) is 0 Å². The molecule has 0 N–H and O–H groups in total. The molecule has 3 nitrogen and oxygen atoms in total. The molecule has 0 amide bonds. The lowest BCUT2D eigenvalue weighted by Gasteiger charge is -1.99. The van der Waals surface area contributed by atoms with Crippen LogP contribution in [0.15, 0.2) is 0 Å². The molecule has 0 aromatic carbocycles. The van der Waals surface area contributed by atoms with Crippen molar-refractivity contribution in [2.45, 2.75) is 13.8 Å². The van der Waals surface area contributed by atoms with Gasteiger partial charge >= 0.3 is 5.97 Å². The third-order valence-corrected chi connectivity index (χ3v) is 1.05. The Bertz CT molecular complexity index is 259. The van der Waals surface area contributed by atoms with Crippen LogP contribution in [0, 0.1) is 23.7 Å². The summed E-state index contributed by atoms with van der Waals surface area (Å²) in [6.07, 6.45) is 0. The summed E-state index contributed by atoms with van der Waals surface area (Å²) in [7, 11) is 0. The van der Waals surface area contributed by atoms with E-state index in [1.165, 1.54) is 0 Å².